The normalized spacial score (nSPS) is 17.3. The molecule has 0 bridgehead atoms. The number of aliphatic imine (C=N–C) groups is 1. The minimum atomic E-state index is -0.352. The minimum Gasteiger partial charge on any atom is -0.331 e. The second-order valence-corrected chi connectivity index (χ2v) is 7.04. The van der Waals surface area contributed by atoms with Crippen molar-refractivity contribution in [2.45, 2.75) is 51.0 Å². The lowest BCUT2D eigenvalue weighted by Crippen LogP contribution is -2.31. The molecule has 0 radical (unpaired) electrons. The van der Waals surface area contributed by atoms with Gasteiger partial charge in [-0.25, -0.2) is 9.78 Å². The van der Waals surface area contributed by atoms with Crippen LogP contribution in [0.3, 0.4) is 0 Å². The van der Waals surface area contributed by atoms with Crippen molar-refractivity contribution >= 4 is 17.1 Å². The number of isocyanates is 1. The highest BCUT2D eigenvalue weighted by molar-refractivity contribution is 5.77. The van der Waals surface area contributed by atoms with Crippen LogP contribution < -0.4 is 0 Å². The van der Waals surface area contributed by atoms with Crippen molar-refractivity contribution in [1.82, 2.24) is 9.55 Å². The molecule has 1 saturated carbocycles. The first-order valence-corrected chi connectivity index (χ1v) is 7.44. The second-order valence-electron chi connectivity index (χ2n) is 7.04. The maximum Gasteiger partial charge on any atom is 0.235 e. The van der Waals surface area contributed by atoms with Crippen LogP contribution in [0.25, 0.3) is 11.0 Å². The summed E-state index contributed by atoms with van der Waals surface area (Å²) in [6, 6.07) is 6.26. The molecule has 1 aliphatic carbocycles. The van der Waals surface area contributed by atoms with E-state index in [1.165, 1.54) is 0 Å². The molecule has 1 fully saturated rings. The van der Waals surface area contributed by atoms with Crippen LogP contribution in [0.2, 0.25) is 0 Å². The summed E-state index contributed by atoms with van der Waals surface area (Å²) in [4.78, 5) is 19.6. The van der Waals surface area contributed by atoms with Crippen molar-refractivity contribution in [1.29, 1.82) is 0 Å². The number of rotatable bonds is 2. The highest BCUT2D eigenvalue weighted by Gasteiger charge is 2.39. The Morgan fingerprint density at radius 1 is 1.33 bits per heavy atom. The number of aromatic nitrogens is 2. The van der Waals surface area contributed by atoms with E-state index < -0.39 is 0 Å². The van der Waals surface area contributed by atoms with Crippen LogP contribution in [0.1, 0.15) is 51.4 Å². The highest BCUT2D eigenvalue weighted by atomic mass is 16.1. The molecular formula is C17H21N3O. The van der Waals surface area contributed by atoms with Gasteiger partial charge in [-0.1, -0.05) is 26.8 Å². The Morgan fingerprint density at radius 2 is 2.05 bits per heavy atom. The number of carbonyl (C=O) groups excluding carboxylic acids is 1. The number of hydrogen-bond acceptors (Lipinski definition) is 3. The largest absolute Gasteiger partial charge is 0.331 e. The molecule has 0 unspecified atom stereocenters. The molecule has 21 heavy (non-hydrogen) atoms. The third kappa shape index (κ3) is 2.11. The summed E-state index contributed by atoms with van der Waals surface area (Å²) in [5, 5.41) is 0. The van der Waals surface area contributed by atoms with Gasteiger partial charge in [0.25, 0.3) is 0 Å². The number of imidazole rings is 1. The number of hydrogen-bond donors (Lipinski definition) is 0. The predicted molar refractivity (Wildman–Crippen MR) is 83.1 cm³/mol. The van der Waals surface area contributed by atoms with Crippen molar-refractivity contribution in [3.8, 4) is 0 Å². The number of fused-ring (bicyclic) bond motifs is 1. The molecule has 2 aromatic rings. The van der Waals surface area contributed by atoms with Gasteiger partial charge in [-0.2, -0.15) is 4.99 Å². The first-order valence-electron chi connectivity index (χ1n) is 7.44. The summed E-state index contributed by atoms with van der Waals surface area (Å²) in [7, 11) is 2.05. The topological polar surface area (TPSA) is 47.2 Å². The molecule has 1 aromatic heterocycles. The van der Waals surface area contributed by atoms with Crippen molar-refractivity contribution in [3.05, 3.63) is 29.6 Å². The van der Waals surface area contributed by atoms with Crippen molar-refractivity contribution < 1.29 is 4.79 Å². The quantitative estimate of drug-likeness (QED) is 0.624. The number of aryl methyl sites for hydroxylation is 1. The monoisotopic (exact) mass is 283 g/mol. The summed E-state index contributed by atoms with van der Waals surface area (Å²) >= 11 is 0. The van der Waals surface area contributed by atoms with Crippen LogP contribution in [-0.4, -0.2) is 15.6 Å². The molecule has 0 atom stereocenters. The SMILES string of the molecule is Cn1c(C(C)(C)C)nc2cc(C3(N=C=O)CCC3)ccc21. The Kier molecular flexibility index (Phi) is 3.03. The van der Waals surface area contributed by atoms with Gasteiger partial charge in [0.1, 0.15) is 5.82 Å². The fraction of sp³-hybridized carbons (Fsp3) is 0.529. The second kappa shape index (κ2) is 4.54. The molecule has 4 heteroatoms. The molecule has 1 heterocycles. The molecule has 1 aliphatic rings. The standard InChI is InChI=1S/C17H21N3O/c1-16(2,3)15-19-13-10-12(6-7-14(13)20(15)4)17(18-11-21)8-5-9-17/h6-7,10H,5,8-9H2,1-4H3. The Morgan fingerprint density at radius 3 is 2.57 bits per heavy atom. The molecule has 4 nitrogen and oxygen atoms in total. The molecule has 0 amide bonds. The van der Waals surface area contributed by atoms with Gasteiger partial charge in [0, 0.05) is 12.5 Å². The molecule has 1 aromatic carbocycles. The third-order valence-electron chi connectivity index (χ3n) is 4.53. The van der Waals surface area contributed by atoms with E-state index in [9.17, 15) is 4.79 Å². The van der Waals surface area contributed by atoms with Crippen molar-refractivity contribution in [2.75, 3.05) is 0 Å². The zero-order valence-corrected chi connectivity index (χ0v) is 13.1. The molecule has 3 rings (SSSR count). The zero-order valence-electron chi connectivity index (χ0n) is 13.1. The average Bonchev–Trinajstić information content (AvgIpc) is 2.71. The molecular weight excluding hydrogens is 262 g/mol. The first kappa shape index (κ1) is 14.0. The van der Waals surface area contributed by atoms with Crippen molar-refractivity contribution in [3.63, 3.8) is 0 Å². The Bertz CT molecular complexity index is 741. The summed E-state index contributed by atoms with van der Waals surface area (Å²) in [6.45, 7) is 6.50. The van der Waals surface area contributed by atoms with Crippen LogP contribution in [0.5, 0.6) is 0 Å². The van der Waals surface area contributed by atoms with Gasteiger partial charge in [-0.3, -0.25) is 0 Å². The van der Waals surface area contributed by atoms with Crippen LogP contribution in [0, 0.1) is 0 Å². The third-order valence-corrected chi connectivity index (χ3v) is 4.53. The lowest BCUT2D eigenvalue weighted by Gasteiger charge is -2.37. The van der Waals surface area contributed by atoms with Gasteiger partial charge >= 0.3 is 0 Å². The molecule has 0 spiro atoms. The Balaban J connectivity index is 2.15. The highest BCUT2D eigenvalue weighted by Crippen LogP contribution is 2.45. The lowest BCUT2D eigenvalue weighted by atomic mass is 9.72. The van der Waals surface area contributed by atoms with E-state index in [1.54, 1.807) is 6.08 Å². The Labute approximate surface area is 124 Å². The van der Waals surface area contributed by atoms with Gasteiger partial charge in [0.05, 0.1) is 16.6 Å². The summed E-state index contributed by atoms with van der Waals surface area (Å²) in [5.41, 5.74) is 2.84. The van der Waals surface area contributed by atoms with Gasteiger partial charge in [0.15, 0.2) is 0 Å². The fourth-order valence-corrected chi connectivity index (χ4v) is 3.22. The first-order chi connectivity index (χ1) is 9.87. The molecule has 0 N–H and O–H groups in total. The maximum atomic E-state index is 10.7. The maximum absolute atomic E-state index is 10.7. The van der Waals surface area contributed by atoms with E-state index in [4.69, 9.17) is 4.98 Å². The summed E-state index contributed by atoms with van der Waals surface area (Å²) < 4.78 is 2.15. The van der Waals surface area contributed by atoms with Crippen LogP contribution in [0.15, 0.2) is 23.2 Å². The average molecular weight is 283 g/mol. The van der Waals surface area contributed by atoms with Gasteiger partial charge in [0.2, 0.25) is 6.08 Å². The van der Waals surface area contributed by atoms with Gasteiger partial charge in [-0.05, 0) is 37.0 Å². The van der Waals surface area contributed by atoms with E-state index >= 15 is 0 Å². The number of nitrogens with zero attached hydrogens (tertiary/aromatic N) is 3. The fourth-order valence-electron chi connectivity index (χ4n) is 3.22. The van der Waals surface area contributed by atoms with E-state index in [0.717, 1.165) is 41.7 Å². The van der Waals surface area contributed by atoms with E-state index in [2.05, 4.69) is 55.6 Å². The zero-order chi connectivity index (χ0) is 15.3. The minimum absolute atomic E-state index is 0.00302. The van der Waals surface area contributed by atoms with E-state index in [-0.39, 0.29) is 11.0 Å². The van der Waals surface area contributed by atoms with Crippen molar-refractivity contribution in [2.24, 2.45) is 12.0 Å². The molecule has 0 aliphatic heterocycles. The van der Waals surface area contributed by atoms with Gasteiger partial charge < -0.3 is 4.57 Å². The molecule has 0 saturated heterocycles. The Hall–Kier alpha value is -1.93. The lowest BCUT2D eigenvalue weighted by molar-refractivity contribution is 0.256. The van der Waals surface area contributed by atoms with E-state index in [0.29, 0.717) is 0 Å². The molecule has 110 valence electrons. The van der Waals surface area contributed by atoms with Crippen LogP contribution >= 0.6 is 0 Å². The predicted octanol–water partition coefficient (Wildman–Crippen LogP) is 3.59. The van der Waals surface area contributed by atoms with Crippen LogP contribution in [0.4, 0.5) is 0 Å². The summed E-state index contributed by atoms with van der Waals surface area (Å²) in [6.07, 6.45) is 4.70. The van der Waals surface area contributed by atoms with Gasteiger partial charge in [-0.15, -0.1) is 0 Å². The summed E-state index contributed by atoms with van der Waals surface area (Å²) in [5.74, 6) is 1.07. The van der Waals surface area contributed by atoms with Crippen LogP contribution in [-0.2, 0) is 22.8 Å². The number of benzene rings is 1. The van der Waals surface area contributed by atoms with E-state index in [1.807, 2.05) is 0 Å². The smallest absolute Gasteiger partial charge is 0.235 e.